The number of nitrogens with one attached hydrogen (secondary N) is 2. The van der Waals surface area contributed by atoms with Crippen LogP contribution in [0.3, 0.4) is 0 Å². The molecule has 186 valence electrons. The van der Waals surface area contributed by atoms with Gasteiger partial charge in [0.15, 0.2) is 0 Å². The topological polar surface area (TPSA) is 106 Å². The number of aromatic nitrogens is 2. The molecule has 0 saturated carbocycles. The van der Waals surface area contributed by atoms with Crippen molar-refractivity contribution in [3.63, 3.8) is 0 Å². The first kappa shape index (κ1) is 24.7. The average molecular weight is 489 g/mol. The third kappa shape index (κ3) is 5.16. The number of amides is 2. The second kappa shape index (κ2) is 10.9. The smallest absolute Gasteiger partial charge is 0.411 e. The number of H-pyrrole nitrogens is 1. The molecule has 0 fully saturated rings. The summed E-state index contributed by atoms with van der Waals surface area (Å²) in [6.07, 6.45) is 2.99. The largest absolute Gasteiger partial charge is 0.496 e. The molecule has 36 heavy (non-hydrogen) atoms. The Hall–Kier alpha value is -4.37. The number of hydrogen-bond acceptors (Lipinski definition) is 6. The predicted molar refractivity (Wildman–Crippen MR) is 138 cm³/mol. The van der Waals surface area contributed by atoms with Crippen molar-refractivity contribution < 1.29 is 23.8 Å². The lowest BCUT2D eigenvalue weighted by atomic mass is 9.99. The maximum absolute atomic E-state index is 13.0. The van der Waals surface area contributed by atoms with Crippen molar-refractivity contribution in [3.8, 4) is 28.0 Å². The minimum absolute atomic E-state index is 0.105. The third-order valence-corrected chi connectivity index (χ3v) is 5.68. The summed E-state index contributed by atoms with van der Waals surface area (Å²) in [7, 11) is 6.47. The lowest BCUT2D eigenvalue weighted by molar-refractivity contribution is 0.0828. The first-order chi connectivity index (χ1) is 17.4. The van der Waals surface area contributed by atoms with E-state index in [1.54, 1.807) is 39.5 Å². The Kier molecular flexibility index (Phi) is 7.50. The van der Waals surface area contributed by atoms with E-state index < -0.39 is 6.09 Å². The van der Waals surface area contributed by atoms with E-state index in [1.807, 2.05) is 42.6 Å². The van der Waals surface area contributed by atoms with Gasteiger partial charge in [0.25, 0.3) is 5.91 Å². The summed E-state index contributed by atoms with van der Waals surface area (Å²) in [5, 5.41) is 3.57. The lowest BCUT2D eigenvalue weighted by Crippen LogP contribution is -2.24. The van der Waals surface area contributed by atoms with E-state index in [0.29, 0.717) is 11.3 Å². The zero-order valence-corrected chi connectivity index (χ0v) is 20.6. The van der Waals surface area contributed by atoms with E-state index in [9.17, 15) is 9.59 Å². The molecule has 2 heterocycles. The maximum atomic E-state index is 13.0. The van der Waals surface area contributed by atoms with Crippen molar-refractivity contribution in [2.45, 2.75) is 0 Å². The number of hydrogen-bond donors (Lipinski definition) is 2. The fourth-order valence-electron chi connectivity index (χ4n) is 3.87. The number of rotatable bonds is 8. The summed E-state index contributed by atoms with van der Waals surface area (Å²) >= 11 is 0. The summed E-state index contributed by atoms with van der Waals surface area (Å²) < 4.78 is 15.5. The summed E-state index contributed by atoms with van der Waals surface area (Å²) in [5.74, 6) is 0.505. The van der Waals surface area contributed by atoms with E-state index in [2.05, 4.69) is 15.3 Å². The van der Waals surface area contributed by atoms with Crippen LogP contribution >= 0.6 is 0 Å². The van der Waals surface area contributed by atoms with Gasteiger partial charge in [0, 0.05) is 55.7 Å². The van der Waals surface area contributed by atoms with Crippen molar-refractivity contribution in [2.75, 3.05) is 46.8 Å². The van der Waals surface area contributed by atoms with Crippen LogP contribution in [0.2, 0.25) is 0 Å². The molecule has 0 radical (unpaired) electrons. The maximum Gasteiger partial charge on any atom is 0.411 e. The highest BCUT2D eigenvalue weighted by Crippen LogP contribution is 2.36. The first-order valence-corrected chi connectivity index (χ1v) is 11.3. The monoisotopic (exact) mass is 488 g/mol. The van der Waals surface area contributed by atoms with E-state index >= 15 is 0 Å². The Morgan fingerprint density at radius 3 is 2.56 bits per heavy atom. The molecule has 4 rings (SSSR count). The summed E-state index contributed by atoms with van der Waals surface area (Å²) in [5.41, 5.74) is 4.92. The fourth-order valence-corrected chi connectivity index (χ4v) is 3.87. The molecule has 9 nitrogen and oxygen atoms in total. The highest BCUT2D eigenvalue weighted by Gasteiger charge is 2.18. The third-order valence-electron chi connectivity index (χ3n) is 5.68. The molecule has 0 aliphatic rings. The van der Waals surface area contributed by atoms with Crippen molar-refractivity contribution in [1.29, 1.82) is 0 Å². The van der Waals surface area contributed by atoms with Crippen LogP contribution in [0.25, 0.3) is 33.3 Å². The molecular formula is C27H28N4O5. The number of carbonyl (C=O) groups excluding carboxylic acids is 2. The molecule has 2 amide bonds. The zero-order valence-electron chi connectivity index (χ0n) is 20.6. The Bertz CT molecular complexity index is 1400. The number of pyridine rings is 1. The number of ether oxygens (including phenoxy) is 3. The summed E-state index contributed by atoms with van der Waals surface area (Å²) in [4.78, 5) is 34.4. The number of anilines is 1. The quantitative estimate of drug-likeness (QED) is 0.345. The molecule has 0 bridgehead atoms. The van der Waals surface area contributed by atoms with Gasteiger partial charge in [0.05, 0.1) is 25.0 Å². The number of carbonyl (C=O) groups is 2. The number of nitrogens with zero attached hydrogens (tertiary/aromatic N) is 2. The van der Waals surface area contributed by atoms with Gasteiger partial charge in [-0.2, -0.15) is 0 Å². The normalized spacial score (nSPS) is 10.8. The van der Waals surface area contributed by atoms with Crippen molar-refractivity contribution in [2.24, 2.45) is 0 Å². The second-order valence-corrected chi connectivity index (χ2v) is 8.24. The van der Waals surface area contributed by atoms with E-state index in [1.165, 1.54) is 12.0 Å². The molecular weight excluding hydrogens is 460 g/mol. The predicted octanol–water partition coefficient (Wildman–Crippen LogP) is 4.80. The number of aromatic amines is 1. The van der Waals surface area contributed by atoms with E-state index in [-0.39, 0.29) is 19.1 Å². The fraction of sp³-hybridized carbons (Fsp3) is 0.222. The van der Waals surface area contributed by atoms with Crippen LogP contribution in [0.15, 0.2) is 60.9 Å². The van der Waals surface area contributed by atoms with Gasteiger partial charge in [-0.15, -0.1) is 0 Å². The molecule has 2 N–H and O–H groups in total. The average Bonchev–Trinajstić information content (AvgIpc) is 3.31. The number of benzene rings is 2. The highest BCUT2D eigenvalue weighted by molar-refractivity contribution is 6.04. The van der Waals surface area contributed by atoms with E-state index in [0.717, 1.165) is 39.0 Å². The molecule has 2 aromatic carbocycles. The Labute approximate surface area is 209 Å². The van der Waals surface area contributed by atoms with Crippen LogP contribution in [0.1, 0.15) is 10.4 Å². The SMILES string of the molecule is COCCOC(=O)Nc1ccc(-c2cnc3[nH]cc(-c4ccccc4OC)c3c2)cc1C(=O)N(C)C. The minimum Gasteiger partial charge on any atom is -0.496 e. The Balaban J connectivity index is 1.73. The number of para-hydroxylation sites is 1. The molecule has 0 saturated heterocycles. The van der Waals surface area contributed by atoms with Crippen LogP contribution in [0.4, 0.5) is 10.5 Å². The van der Waals surface area contributed by atoms with Gasteiger partial charge >= 0.3 is 6.09 Å². The molecule has 0 spiro atoms. The summed E-state index contributed by atoms with van der Waals surface area (Å²) in [6.45, 7) is 0.385. The van der Waals surface area contributed by atoms with Gasteiger partial charge < -0.3 is 24.1 Å². The van der Waals surface area contributed by atoms with Gasteiger partial charge in [-0.25, -0.2) is 9.78 Å². The summed E-state index contributed by atoms with van der Waals surface area (Å²) in [6, 6.07) is 15.1. The van der Waals surface area contributed by atoms with Crippen LogP contribution in [0.5, 0.6) is 5.75 Å². The highest BCUT2D eigenvalue weighted by atomic mass is 16.6. The van der Waals surface area contributed by atoms with Gasteiger partial charge in [0.2, 0.25) is 0 Å². The molecule has 2 aromatic heterocycles. The molecule has 9 heteroatoms. The molecule has 0 aliphatic heterocycles. The second-order valence-electron chi connectivity index (χ2n) is 8.24. The van der Waals surface area contributed by atoms with E-state index in [4.69, 9.17) is 14.2 Å². The van der Waals surface area contributed by atoms with Crippen LogP contribution in [-0.4, -0.2) is 68.4 Å². The van der Waals surface area contributed by atoms with Crippen LogP contribution < -0.4 is 10.1 Å². The van der Waals surface area contributed by atoms with Gasteiger partial charge in [0.1, 0.15) is 18.0 Å². The van der Waals surface area contributed by atoms with Crippen molar-refractivity contribution in [1.82, 2.24) is 14.9 Å². The first-order valence-electron chi connectivity index (χ1n) is 11.3. The Morgan fingerprint density at radius 2 is 1.81 bits per heavy atom. The molecule has 4 aromatic rings. The lowest BCUT2D eigenvalue weighted by Gasteiger charge is -2.16. The van der Waals surface area contributed by atoms with Crippen LogP contribution in [0, 0.1) is 0 Å². The Morgan fingerprint density at radius 1 is 1.00 bits per heavy atom. The van der Waals surface area contributed by atoms with Gasteiger partial charge in [-0.05, 0) is 29.8 Å². The van der Waals surface area contributed by atoms with Crippen LogP contribution in [-0.2, 0) is 9.47 Å². The number of fused-ring (bicyclic) bond motifs is 1. The zero-order chi connectivity index (χ0) is 25.7. The number of methoxy groups -OCH3 is 2. The van der Waals surface area contributed by atoms with Crippen molar-refractivity contribution in [3.05, 3.63) is 66.5 Å². The standard InChI is InChI=1S/C27H28N4O5/c1-31(2)26(32)21-13-17(9-10-23(21)30-27(33)36-12-11-34-3)18-14-20-22(16-29-25(20)28-15-18)19-7-5-6-8-24(19)35-4/h5-10,13-16H,11-12H2,1-4H3,(H,28,29)(H,30,33). The molecule has 0 unspecified atom stereocenters. The van der Waals surface area contributed by atoms with Gasteiger partial charge in [-0.3, -0.25) is 10.1 Å². The van der Waals surface area contributed by atoms with Crippen molar-refractivity contribution >= 4 is 28.7 Å². The molecule has 0 aliphatic carbocycles. The molecule has 0 atom stereocenters. The van der Waals surface area contributed by atoms with Gasteiger partial charge in [-0.1, -0.05) is 24.3 Å². The minimum atomic E-state index is -0.663.